The van der Waals surface area contributed by atoms with Crippen molar-refractivity contribution in [3.63, 3.8) is 0 Å². The highest BCUT2D eigenvalue weighted by Gasteiger charge is 2.33. The Labute approximate surface area is 151 Å². The quantitative estimate of drug-likeness (QED) is 0.717. The number of hydrogen-bond donors (Lipinski definition) is 3. The SMILES string of the molecule is CNC1(c2cc3ccccc3s2)CCCCC1.O=C(O)/C=C/C(=O)O. The molecule has 0 atom stereocenters. The summed E-state index contributed by atoms with van der Waals surface area (Å²) in [6.07, 6.45) is 7.80. The molecule has 5 nitrogen and oxygen atoms in total. The fourth-order valence-corrected chi connectivity index (χ4v) is 4.45. The molecular weight excluding hydrogens is 338 g/mol. The van der Waals surface area contributed by atoms with Crippen LogP contribution in [0.25, 0.3) is 10.1 Å². The fourth-order valence-electron chi connectivity index (χ4n) is 3.14. The summed E-state index contributed by atoms with van der Waals surface area (Å²) in [5.41, 5.74) is 0.252. The van der Waals surface area contributed by atoms with E-state index in [2.05, 4.69) is 42.7 Å². The summed E-state index contributed by atoms with van der Waals surface area (Å²) in [5.74, 6) is -2.51. The predicted molar refractivity (Wildman–Crippen MR) is 100 cm³/mol. The molecule has 0 aliphatic heterocycles. The minimum Gasteiger partial charge on any atom is -0.478 e. The third kappa shape index (κ3) is 5.14. The van der Waals surface area contributed by atoms with Gasteiger partial charge in [0, 0.05) is 21.7 Å². The molecule has 1 aromatic carbocycles. The normalized spacial score (nSPS) is 16.4. The van der Waals surface area contributed by atoms with E-state index in [0.717, 1.165) is 0 Å². The maximum Gasteiger partial charge on any atom is 0.328 e. The zero-order valence-electron chi connectivity index (χ0n) is 14.2. The third-order valence-corrected chi connectivity index (χ3v) is 5.77. The number of nitrogens with one attached hydrogen (secondary N) is 1. The molecule has 0 radical (unpaired) electrons. The number of thiophene rings is 1. The Morgan fingerprint density at radius 1 is 1.08 bits per heavy atom. The Balaban J connectivity index is 0.000000242. The van der Waals surface area contributed by atoms with Gasteiger partial charge >= 0.3 is 11.9 Å². The lowest BCUT2D eigenvalue weighted by atomic mass is 9.80. The van der Waals surface area contributed by atoms with Gasteiger partial charge in [0.2, 0.25) is 0 Å². The minimum absolute atomic E-state index is 0.252. The number of hydrogen-bond acceptors (Lipinski definition) is 4. The summed E-state index contributed by atoms with van der Waals surface area (Å²) in [4.78, 5) is 20.6. The molecule has 134 valence electrons. The molecule has 0 spiro atoms. The Morgan fingerprint density at radius 3 is 2.20 bits per heavy atom. The van der Waals surface area contributed by atoms with Gasteiger partial charge < -0.3 is 15.5 Å². The zero-order chi connectivity index (χ0) is 18.3. The monoisotopic (exact) mass is 361 g/mol. The van der Waals surface area contributed by atoms with E-state index < -0.39 is 11.9 Å². The highest BCUT2D eigenvalue weighted by Crippen LogP contribution is 2.41. The van der Waals surface area contributed by atoms with E-state index in [-0.39, 0.29) is 5.54 Å². The maximum absolute atomic E-state index is 9.55. The second kappa shape index (κ2) is 8.78. The van der Waals surface area contributed by atoms with Crippen LogP contribution in [0.5, 0.6) is 0 Å². The van der Waals surface area contributed by atoms with Crippen molar-refractivity contribution in [1.82, 2.24) is 5.32 Å². The zero-order valence-corrected chi connectivity index (χ0v) is 15.0. The van der Waals surface area contributed by atoms with E-state index in [1.807, 2.05) is 11.3 Å². The molecule has 1 fully saturated rings. The highest BCUT2D eigenvalue weighted by atomic mass is 32.1. The average Bonchev–Trinajstić information content (AvgIpc) is 3.06. The lowest BCUT2D eigenvalue weighted by Crippen LogP contribution is -2.40. The van der Waals surface area contributed by atoms with Gasteiger partial charge in [0.1, 0.15) is 0 Å². The molecule has 1 aliphatic carbocycles. The molecule has 25 heavy (non-hydrogen) atoms. The van der Waals surface area contributed by atoms with E-state index in [9.17, 15) is 9.59 Å². The number of carboxylic acid groups (broad SMARTS) is 2. The summed E-state index contributed by atoms with van der Waals surface area (Å²) >= 11 is 1.96. The van der Waals surface area contributed by atoms with Crippen molar-refractivity contribution in [2.75, 3.05) is 7.05 Å². The van der Waals surface area contributed by atoms with Crippen LogP contribution in [0.3, 0.4) is 0 Å². The van der Waals surface area contributed by atoms with Crippen LogP contribution in [0.1, 0.15) is 37.0 Å². The summed E-state index contributed by atoms with van der Waals surface area (Å²) in [6.45, 7) is 0. The van der Waals surface area contributed by atoms with Gasteiger partial charge in [-0.2, -0.15) is 0 Å². The number of carboxylic acids is 2. The highest BCUT2D eigenvalue weighted by molar-refractivity contribution is 7.19. The van der Waals surface area contributed by atoms with Crippen LogP contribution < -0.4 is 5.32 Å². The van der Waals surface area contributed by atoms with Crippen LogP contribution in [0, 0.1) is 0 Å². The first-order valence-corrected chi connectivity index (χ1v) is 9.10. The van der Waals surface area contributed by atoms with Gasteiger partial charge in [0.25, 0.3) is 0 Å². The molecule has 6 heteroatoms. The van der Waals surface area contributed by atoms with Crippen molar-refractivity contribution in [2.24, 2.45) is 0 Å². The van der Waals surface area contributed by atoms with E-state index >= 15 is 0 Å². The van der Waals surface area contributed by atoms with Crippen LogP contribution in [-0.4, -0.2) is 29.2 Å². The van der Waals surface area contributed by atoms with Crippen molar-refractivity contribution in [2.45, 2.75) is 37.6 Å². The first-order valence-electron chi connectivity index (χ1n) is 8.29. The molecule has 1 aromatic heterocycles. The van der Waals surface area contributed by atoms with Gasteiger partial charge in [-0.1, -0.05) is 37.5 Å². The van der Waals surface area contributed by atoms with Gasteiger partial charge in [0.15, 0.2) is 0 Å². The minimum atomic E-state index is -1.26. The van der Waals surface area contributed by atoms with E-state index in [4.69, 9.17) is 10.2 Å². The van der Waals surface area contributed by atoms with Crippen molar-refractivity contribution >= 4 is 33.4 Å². The predicted octanol–water partition coefficient (Wildman–Crippen LogP) is 3.99. The van der Waals surface area contributed by atoms with Crippen LogP contribution in [-0.2, 0) is 15.1 Å². The molecule has 3 N–H and O–H groups in total. The van der Waals surface area contributed by atoms with Gasteiger partial charge in [-0.15, -0.1) is 11.3 Å². The van der Waals surface area contributed by atoms with Crippen LogP contribution in [0.15, 0.2) is 42.5 Å². The molecule has 0 saturated heterocycles. The molecule has 0 bridgehead atoms. The number of carbonyl (C=O) groups is 2. The molecule has 1 heterocycles. The molecule has 2 aromatic rings. The van der Waals surface area contributed by atoms with Crippen molar-refractivity contribution in [3.8, 4) is 0 Å². The summed E-state index contributed by atoms with van der Waals surface area (Å²) in [7, 11) is 2.12. The van der Waals surface area contributed by atoms with Crippen LogP contribution in [0.4, 0.5) is 0 Å². The second-order valence-corrected chi connectivity index (χ2v) is 7.13. The molecule has 1 aliphatic rings. The topological polar surface area (TPSA) is 86.6 Å². The maximum atomic E-state index is 9.55. The Morgan fingerprint density at radius 2 is 1.68 bits per heavy atom. The number of rotatable bonds is 4. The largest absolute Gasteiger partial charge is 0.478 e. The lowest BCUT2D eigenvalue weighted by molar-refractivity contribution is -0.134. The van der Waals surface area contributed by atoms with Gasteiger partial charge in [-0.3, -0.25) is 0 Å². The molecule has 0 unspecified atom stereocenters. The van der Waals surface area contributed by atoms with Gasteiger partial charge in [0.05, 0.1) is 5.54 Å². The molecule has 1 saturated carbocycles. The van der Waals surface area contributed by atoms with Crippen molar-refractivity contribution in [1.29, 1.82) is 0 Å². The van der Waals surface area contributed by atoms with Gasteiger partial charge in [-0.25, -0.2) is 9.59 Å². The number of benzene rings is 1. The molecule has 3 rings (SSSR count). The van der Waals surface area contributed by atoms with Crippen LogP contribution in [0.2, 0.25) is 0 Å². The second-order valence-electron chi connectivity index (χ2n) is 6.05. The third-order valence-electron chi connectivity index (χ3n) is 4.45. The Kier molecular flexibility index (Phi) is 6.73. The number of aliphatic carboxylic acids is 2. The summed E-state index contributed by atoms with van der Waals surface area (Å²) < 4.78 is 1.42. The summed E-state index contributed by atoms with van der Waals surface area (Å²) in [5, 5.41) is 20.6. The van der Waals surface area contributed by atoms with Gasteiger partial charge in [-0.05, 0) is 37.4 Å². The standard InChI is InChI=1S/C15H19NS.C4H4O4/c1-16-15(9-5-2-6-10-15)14-11-12-7-3-4-8-13(12)17-14;5-3(6)1-2-4(7)8/h3-4,7-8,11,16H,2,5-6,9-10H2,1H3;1-2H,(H,5,6)(H,7,8)/b;2-1+. The van der Waals surface area contributed by atoms with Crippen molar-refractivity contribution < 1.29 is 19.8 Å². The first kappa shape index (κ1) is 19.1. The summed E-state index contributed by atoms with van der Waals surface area (Å²) in [6, 6.07) is 11.1. The fraction of sp³-hybridized carbons (Fsp3) is 0.368. The van der Waals surface area contributed by atoms with E-state index in [0.29, 0.717) is 12.2 Å². The van der Waals surface area contributed by atoms with Crippen LogP contribution >= 0.6 is 11.3 Å². The Bertz CT molecular complexity index is 711. The number of fused-ring (bicyclic) bond motifs is 1. The van der Waals surface area contributed by atoms with E-state index in [1.165, 1.54) is 47.1 Å². The average molecular weight is 361 g/mol. The van der Waals surface area contributed by atoms with E-state index in [1.54, 1.807) is 0 Å². The Hall–Kier alpha value is -2.18. The lowest BCUT2D eigenvalue weighted by Gasteiger charge is -2.36. The molecule has 0 amide bonds. The molecular formula is C19H23NO4S. The first-order chi connectivity index (χ1) is 12.0. The smallest absolute Gasteiger partial charge is 0.328 e. The van der Waals surface area contributed by atoms with Crippen molar-refractivity contribution in [3.05, 3.63) is 47.4 Å².